The first-order valence-electron chi connectivity index (χ1n) is 14.3. The van der Waals surface area contributed by atoms with Crippen LogP contribution in [-0.2, 0) is 30.3 Å². The summed E-state index contributed by atoms with van der Waals surface area (Å²) in [5.41, 5.74) is -2.55. The minimum absolute atomic E-state index is 0.0148. The highest BCUT2D eigenvalue weighted by Crippen LogP contribution is 2.29. The SMILES string of the molecule is CSC(C)(CNC(=O)CN(C)C)CC(=O)NC(O)(CCCN(CC(C)C)S(=O)(=O)NC(C)(C)CC(=O)O)c1ccccc1. The molecule has 2 unspecified atom stereocenters. The van der Waals surface area contributed by atoms with Crippen molar-refractivity contribution in [3.8, 4) is 0 Å². The maximum Gasteiger partial charge on any atom is 0.305 e. The first-order valence-corrected chi connectivity index (χ1v) is 17.0. The van der Waals surface area contributed by atoms with Crippen LogP contribution in [0.2, 0.25) is 0 Å². The van der Waals surface area contributed by atoms with Crippen molar-refractivity contribution in [1.29, 1.82) is 0 Å². The molecular weight excluding hydrogens is 594 g/mol. The molecule has 0 radical (unpaired) electrons. The van der Waals surface area contributed by atoms with E-state index in [2.05, 4.69) is 15.4 Å². The van der Waals surface area contributed by atoms with Crippen molar-refractivity contribution in [3.05, 3.63) is 35.9 Å². The van der Waals surface area contributed by atoms with E-state index in [1.54, 1.807) is 49.3 Å². The van der Waals surface area contributed by atoms with Gasteiger partial charge in [-0.2, -0.15) is 29.2 Å². The van der Waals surface area contributed by atoms with E-state index in [1.165, 1.54) is 29.9 Å². The Balaban J connectivity index is 3.09. The van der Waals surface area contributed by atoms with Crippen LogP contribution in [0.25, 0.3) is 0 Å². The van der Waals surface area contributed by atoms with E-state index in [0.717, 1.165) is 0 Å². The number of rotatable bonds is 20. The van der Waals surface area contributed by atoms with Crippen LogP contribution in [0.5, 0.6) is 0 Å². The van der Waals surface area contributed by atoms with Crippen LogP contribution in [0.15, 0.2) is 30.3 Å². The standard InChI is InChI=1S/C29H51N5O7S2/c1-22(2)19-34(43(40,41)32-27(3,4)18-26(37)38)16-12-15-29(39,23-13-10-9-11-14-23)31-24(35)17-28(5,42-8)21-30-25(36)20-33(6)7/h9-11,13-14,22,32,39H,12,15-21H2,1-8H3,(H,30,36)(H,31,35)(H,37,38). The van der Waals surface area contributed by atoms with Gasteiger partial charge < -0.3 is 25.7 Å². The summed E-state index contributed by atoms with van der Waals surface area (Å²) in [6, 6.07) is 8.64. The number of nitrogens with zero attached hydrogens (tertiary/aromatic N) is 2. The Morgan fingerprint density at radius 3 is 2.14 bits per heavy atom. The van der Waals surface area contributed by atoms with E-state index in [4.69, 9.17) is 0 Å². The maximum absolute atomic E-state index is 13.3. The van der Waals surface area contributed by atoms with Gasteiger partial charge in [-0.25, -0.2) is 0 Å². The average Bonchev–Trinajstić information content (AvgIpc) is 2.85. The highest BCUT2D eigenvalue weighted by atomic mass is 32.2. The number of aliphatic hydroxyl groups is 1. The summed E-state index contributed by atoms with van der Waals surface area (Å²) in [6.07, 6.45) is 1.68. The van der Waals surface area contributed by atoms with Crippen LogP contribution >= 0.6 is 11.8 Å². The van der Waals surface area contributed by atoms with Crippen LogP contribution in [0.1, 0.15) is 65.9 Å². The second kappa shape index (κ2) is 16.7. The molecule has 5 N–H and O–H groups in total. The second-order valence-corrected chi connectivity index (χ2v) is 15.6. The van der Waals surface area contributed by atoms with E-state index >= 15 is 0 Å². The first kappa shape index (κ1) is 38.8. The van der Waals surface area contributed by atoms with Gasteiger partial charge in [-0.05, 0) is 53.5 Å². The third-order valence-corrected chi connectivity index (χ3v) is 9.69. The number of nitrogens with one attached hydrogen (secondary N) is 3. The molecule has 14 heteroatoms. The molecular formula is C29H51N5O7S2. The average molecular weight is 646 g/mol. The predicted octanol–water partition coefficient (Wildman–Crippen LogP) is 1.96. The summed E-state index contributed by atoms with van der Waals surface area (Å²) in [7, 11) is -0.482. The first-order chi connectivity index (χ1) is 19.7. The third-order valence-electron chi connectivity index (χ3n) is 6.60. The number of likely N-dealkylation sites (N-methyl/N-ethyl adjacent to an activating group) is 1. The van der Waals surface area contributed by atoms with Crippen LogP contribution in [-0.4, -0.2) is 102 Å². The smallest absolute Gasteiger partial charge is 0.305 e. The number of aliphatic carboxylic acids is 1. The monoisotopic (exact) mass is 645 g/mol. The molecule has 0 saturated heterocycles. The lowest BCUT2D eigenvalue weighted by atomic mass is 9.96. The van der Waals surface area contributed by atoms with Gasteiger partial charge in [0.15, 0.2) is 5.72 Å². The van der Waals surface area contributed by atoms with Gasteiger partial charge in [-0.15, -0.1) is 0 Å². The molecule has 246 valence electrons. The van der Waals surface area contributed by atoms with Crippen LogP contribution < -0.4 is 15.4 Å². The van der Waals surface area contributed by atoms with Crippen LogP contribution in [0.3, 0.4) is 0 Å². The van der Waals surface area contributed by atoms with E-state index in [0.29, 0.717) is 5.56 Å². The van der Waals surface area contributed by atoms with Crippen LogP contribution in [0, 0.1) is 5.92 Å². The zero-order chi connectivity index (χ0) is 33.1. The van der Waals surface area contributed by atoms with Gasteiger partial charge in [-0.3, -0.25) is 14.4 Å². The number of carbonyl (C=O) groups excluding carboxylic acids is 2. The van der Waals surface area contributed by atoms with Gasteiger partial charge in [0, 0.05) is 48.3 Å². The normalized spacial score (nSPS) is 15.3. The van der Waals surface area contributed by atoms with E-state index < -0.39 is 44.5 Å². The Kier molecular flexibility index (Phi) is 15.1. The largest absolute Gasteiger partial charge is 0.481 e. The Morgan fingerprint density at radius 2 is 1.63 bits per heavy atom. The van der Waals surface area contributed by atoms with Gasteiger partial charge in [0.2, 0.25) is 11.8 Å². The molecule has 0 aliphatic heterocycles. The molecule has 0 aliphatic rings. The van der Waals surface area contributed by atoms with Crippen LogP contribution in [0.4, 0.5) is 0 Å². The van der Waals surface area contributed by atoms with Crippen molar-refractivity contribution >= 4 is 39.8 Å². The summed E-state index contributed by atoms with van der Waals surface area (Å²) < 4.78 is 29.7. The zero-order valence-electron chi connectivity index (χ0n) is 26.8. The number of carboxylic acid groups (broad SMARTS) is 1. The summed E-state index contributed by atoms with van der Waals surface area (Å²) >= 11 is 1.43. The molecule has 2 atom stereocenters. The minimum Gasteiger partial charge on any atom is -0.481 e. The maximum atomic E-state index is 13.3. The predicted molar refractivity (Wildman–Crippen MR) is 171 cm³/mol. The zero-order valence-corrected chi connectivity index (χ0v) is 28.4. The summed E-state index contributed by atoms with van der Waals surface area (Å²) in [6.45, 7) is 9.31. The number of carboxylic acids is 1. The fourth-order valence-corrected chi connectivity index (χ4v) is 6.75. The Hall–Kier alpha value is -2.23. The molecule has 1 aromatic carbocycles. The molecule has 0 aliphatic carbocycles. The number of amides is 2. The molecule has 43 heavy (non-hydrogen) atoms. The lowest BCUT2D eigenvalue weighted by Crippen LogP contribution is -2.52. The highest BCUT2D eigenvalue weighted by molar-refractivity contribution is 8.00. The Bertz CT molecular complexity index is 1170. The van der Waals surface area contributed by atoms with Crippen molar-refractivity contribution in [1.82, 2.24) is 24.6 Å². The number of hydrogen-bond donors (Lipinski definition) is 5. The molecule has 0 bridgehead atoms. The Labute approximate surface area is 261 Å². The second-order valence-electron chi connectivity index (χ2n) is 12.5. The van der Waals surface area contributed by atoms with Crippen molar-refractivity contribution < 1.29 is 33.0 Å². The fraction of sp³-hybridized carbons (Fsp3) is 0.690. The molecule has 0 spiro atoms. The van der Waals surface area contributed by atoms with Gasteiger partial charge in [0.1, 0.15) is 0 Å². The molecule has 0 saturated carbocycles. The summed E-state index contributed by atoms with van der Waals surface area (Å²) in [4.78, 5) is 38.5. The topological polar surface area (TPSA) is 168 Å². The number of benzene rings is 1. The number of carbonyl (C=O) groups is 3. The molecule has 1 rings (SSSR count). The van der Waals surface area contributed by atoms with Gasteiger partial charge in [0.25, 0.3) is 10.2 Å². The lowest BCUT2D eigenvalue weighted by Gasteiger charge is -2.34. The van der Waals surface area contributed by atoms with Crippen molar-refractivity contribution in [2.45, 2.75) is 76.3 Å². The third kappa shape index (κ3) is 14.4. The fourth-order valence-electron chi connectivity index (χ4n) is 4.50. The lowest BCUT2D eigenvalue weighted by molar-refractivity contribution is -0.138. The van der Waals surface area contributed by atoms with Crippen molar-refractivity contribution in [2.75, 3.05) is 46.5 Å². The van der Waals surface area contributed by atoms with E-state index in [9.17, 15) is 33.0 Å². The molecule has 2 amide bonds. The molecule has 12 nitrogen and oxygen atoms in total. The van der Waals surface area contributed by atoms with Crippen molar-refractivity contribution in [3.63, 3.8) is 0 Å². The molecule has 0 fully saturated rings. The molecule has 1 aromatic rings. The number of hydrogen-bond acceptors (Lipinski definition) is 8. The number of thioether (sulfide) groups is 1. The van der Waals surface area contributed by atoms with Gasteiger partial charge in [0.05, 0.1) is 13.0 Å². The van der Waals surface area contributed by atoms with E-state index in [-0.39, 0.29) is 57.3 Å². The molecule has 0 aromatic heterocycles. The molecule has 0 heterocycles. The van der Waals surface area contributed by atoms with Crippen molar-refractivity contribution in [2.24, 2.45) is 5.92 Å². The quantitative estimate of drug-likeness (QED) is 0.133. The summed E-state index contributed by atoms with van der Waals surface area (Å²) in [5.74, 6) is -1.73. The summed E-state index contributed by atoms with van der Waals surface area (Å²) in [5, 5.41) is 26.6. The van der Waals surface area contributed by atoms with Gasteiger partial charge in [-0.1, -0.05) is 44.2 Å². The van der Waals surface area contributed by atoms with Gasteiger partial charge >= 0.3 is 5.97 Å². The van der Waals surface area contributed by atoms with E-state index in [1.807, 2.05) is 27.0 Å². The minimum atomic E-state index is -4.06. The highest BCUT2D eigenvalue weighted by Gasteiger charge is 2.36. The Morgan fingerprint density at radius 1 is 1.02 bits per heavy atom.